The molecular formula is C14H16F3N3. The van der Waals surface area contributed by atoms with Gasteiger partial charge >= 0.3 is 6.18 Å². The lowest BCUT2D eigenvalue weighted by atomic mass is 10.0. The van der Waals surface area contributed by atoms with Crippen LogP contribution < -0.4 is 5.73 Å². The molecule has 20 heavy (non-hydrogen) atoms. The Bertz CT molecular complexity index is 575. The van der Waals surface area contributed by atoms with E-state index in [0.717, 1.165) is 24.4 Å². The highest BCUT2D eigenvalue weighted by molar-refractivity contribution is 5.27. The summed E-state index contributed by atoms with van der Waals surface area (Å²) in [5.74, 6) is 0.868. The van der Waals surface area contributed by atoms with Crippen molar-refractivity contribution in [3.8, 4) is 0 Å². The van der Waals surface area contributed by atoms with Crippen LogP contribution in [0.4, 0.5) is 13.2 Å². The number of hydrogen-bond acceptors (Lipinski definition) is 2. The molecule has 108 valence electrons. The Labute approximate surface area is 115 Å². The second kappa shape index (κ2) is 5.66. The van der Waals surface area contributed by atoms with Crippen LogP contribution in [-0.2, 0) is 19.1 Å². The molecular weight excluding hydrogens is 267 g/mol. The number of nitrogens with zero attached hydrogens (tertiary/aromatic N) is 2. The summed E-state index contributed by atoms with van der Waals surface area (Å²) in [6.07, 6.45) is -0.147. The predicted molar refractivity (Wildman–Crippen MR) is 70.0 cm³/mol. The molecule has 0 aliphatic heterocycles. The van der Waals surface area contributed by atoms with E-state index in [-0.39, 0.29) is 0 Å². The number of benzene rings is 1. The fourth-order valence-electron chi connectivity index (χ4n) is 2.08. The molecule has 0 aliphatic rings. The first-order chi connectivity index (χ1) is 9.41. The summed E-state index contributed by atoms with van der Waals surface area (Å²) < 4.78 is 39.9. The first-order valence-corrected chi connectivity index (χ1v) is 6.34. The average Bonchev–Trinajstić information content (AvgIpc) is 2.85. The van der Waals surface area contributed by atoms with Gasteiger partial charge in [0.15, 0.2) is 0 Å². The Morgan fingerprint density at radius 3 is 2.75 bits per heavy atom. The quantitative estimate of drug-likeness (QED) is 0.936. The van der Waals surface area contributed by atoms with Gasteiger partial charge in [-0.2, -0.15) is 13.2 Å². The van der Waals surface area contributed by atoms with Crippen molar-refractivity contribution in [2.45, 2.75) is 32.1 Å². The fourth-order valence-corrected chi connectivity index (χ4v) is 2.08. The molecule has 0 bridgehead atoms. The third-order valence-corrected chi connectivity index (χ3v) is 3.15. The lowest BCUT2D eigenvalue weighted by Crippen LogP contribution is -2.19. The number of halogens is 3. The van der Waals surface area contributed by atoms with Gasteiger partial charge < -0.3 is 10.3 Å². The molecule has 1 heterocycles. The molecule has 1 aromatic heterocycles. The molecule has 1 aromatic carbocycles. The summed E-state index contributed by atoms with van der Waals surface area (Å²) >= 11 is 0. The van der Waals surface area contributed by atoms with Crippen molar-refractivity contribution in [1.82, 2.24) is 9.55 Å². The molecule has 0 spiro atoms. The molecule has 1 atom stereocenters. The van der Waals surface area contributed by atoms with Crippen molar-refractivity contribution in [3.05, 3.63) is 53.6 Å². The summed E-state index contributed by atoms with van der Waals surface area (Å²) in [7, 11) is 0. The van der Waals surface area contributed by atoms with E-state index in [0.29, 0.717) is 12.1 Å². The third kappa shape index (κ3) is 3.19. The molecule has 0 fully saturated rings. The largest absolute Gasteiger partial charge is 0.416 e. The number of alkyl halides is 3. The van der Waals surface area contributed by atoms with E-state index in [2.05, 4.69) is 4.98 Å². The summed E-state index contributed by atoms with van der Waals surface area (Å²) in [4.78, 5) is 4.17. The normalized spacial score (nSPS) is 13.4. The molecule has 0 saturated carbocycles. The fraction of sp³-hybridized carbons (Fsp3) is 0.357. The number of hydrogen-bond donors (Lipinski definition) is 1. The highest BCUT2D eigenvalue weighted by Crippen LogP contribution is 2.30. The number of rotatable bonds is 4. The number of aryl methyl sites for hydroxylation is 1. The Balaban J connectivity index is 2.19. The lowest BCUT2D eigenvalue weighted by molar-refractivity contribution is -0.137. The van der Waals surface area contributed by atoms with Gasteiger partial charge in [0, 0.05) is 31.4 Å². The minimum absolute atomic E-state index is 0.407. The molecule has 3 nitrogen and oxygen atoms in total. The van der Waals surface area contributed by atoms with E-state index in [1.54, 1.807) is 18.5 Å². The van der Waals surface area contributed by atoms with Crippen LogP contribution in [0.2, 0.25) is 0 Å². The van der Waals surface area contributed by atoms with Crippen LogP contribution in [0, 0.1) is 0 Å². The molecule has 2 N–H and O–H groups in total. The van der Waals surface area contributed by atoms with Gasteiger partial charge in [-0.25, -0.2) is 4.98 Å². The van der Waals surface area contributed by atoms with Gasteiger partial charge in [-0.1, -0.05) is 19.1 Å². The Hall–Kier alpha value is -1.82. The van der Waals surface area contributed by atoms with Crippen LogP contribution in [0.5, 0.6) is 0 Å². The summed E-state index contributed by atoms with van der Waals surface area (Å²) in [5.41, 5.74) is 5.80. The molecule has 0 amide bonds. The summed E-state index contributed by atoms with van der Waals surface area (Å²) in [6.45, 7) is 2.37. The minimum atomic E-state index is -4.35. The van der Waals surface area contributed by atoms with Crippen molar-refractivity contribution < 1.29 is 13.2 Å². The highest BCUT2D eigenvalue weighted by atomic mass is 19.4. The third-order valence-electron chi connectivity index (χ3n) is 3.15. The smallest absolute Gasteiger partial charge is 0.333 e. The van der Waals surface area contributed by atoms with Crippen molar-refractivity contribution >= 4 is 0 Å². The van der Waals surface area contributed by atoms with E-state index in [4.69, 9.17) is 5.73 Å². The van der Waals surface area contributed by atoms with Gasteiger partial charge in [-0.15, -0.1) is 0 Å². The number of imidazole rings is 1. The van der Waals surface area contributed by atoms with Crippen LogP contribution in [0.1, 0.15) is 29.9 Å². The van der Waals surface area contributed by atoms with Crippen molar-refractivity contribution in [1.29, 1.82) is 0 Å². The summed E-state index contributed by atoms with van der Waals surface area (Å²) in [6, 6.07) is 4.64. The zero-order valence-corrected chi connectivity index (χ0v) is 11.1. The zero-order valence-electron chi connectivity index (χ0n) is 11.1. The first kappa shape index (κ1) is 14.6. The van der Waals surface area contributed by atoms with E-state index in [1.807, 2.05) is 11.5 Å². The standard InChI is InChI=1S/C14H16F3N3/c1-2-13-19-6-7-20(13)9-12(18)10-4-3-5-11(8-10)14(15,16)17/h3-8,12H,2,9,18H2,1H3. The van der Waals surface area contributed by atoms with Crippen LogP contribution in [0.25, 0.3) is 0 Å². The molecule has 0 aliphatic carbocycles. The topological polar surface area (TPSA) is 43.8 Å². The molecule has 1 unspecified atom stereocenters. The molecule has 2 aromatic rings. The van der Waals surface area contributed by atoms with Gasteiger partial charge in [-0.05, 0) is 17.7 Å². The second-order valence-corrected chi connectivity index (χ2v) is 4.58. The van der Waals surface area contributed by atoms with E-state index in [9.17, 15) is 13.2 Å². The Morgan fingerprint density at radius 1 is 1.35 bits per heavy atom. The summed E-state index contributed by atoms with van der Waals surface area (Å²) in [5, 5.41) is 0. The van der Waals surface area contributed by atoms with Crippen molar-refractivity contribution in [2.75, 3.05) is 0 Å². The van der Waals surface area contributed by atoms with Gasteiger partial charge in [0.2, 0.25) is 0 Å². The Kier molecular flexibility index (Phi) is 4.13. The van der Waals surface area contributed by atoms with E-state index < -0.39 is 17.8 Å². The monoisotopic (exact) mass is 283 g/mol. The lowest BCUT2D eigenvalue weighted by Gasteiger charge is -2.16. The van der Waals surface area contributed by atoms with E-state index >= 15 is 0 Å². The molecule has 2 rings (SSSR count). The Morgan fingerprint density at radius 2 is 2.10 bits per heavy atom. The van der Waals surface area contributed by atoms with Crippen LogP contribution >= 0.6 is 0 Å². The first-order valence-electron chi connectivity index (χ1n) is 6.34. The SMILES string of the molecule is CCc1nccn1CC(N)c1cccc(C(F)(F)F)c1. The number of nitrogens with two attached hydrogens (primary N) is 1. The molecule has 6 heteroatoms. The predicted octanol–water partition coefficient (Wildman–Crippen LogP) is 3.16. The highest BCUT2D eigenvalue weighted by Gasteiger charge is 2.30. The maximum atomic E-state index is 12.7. The second-order valence-electron chi connectivity index (χ2n) is 4.58. The van der Waals surface area contributed by atoms with Crippen LogP contribution in [-0.4, -0.2) is 9.55 Å². The van der Waals surface area contributed by atoms with Crippen LogP contribution in [0.3, 0.4) is 0 Å². The number of aromatic nitrogens is 2. The van der Waals surface area contributed by atoms with Gasteiger partial charge in [-0.3, -0.25) is 0 Å². The van der Waals surface area contributed by atoms with Gasteiger partial charge in [0.1, 0.15) is 5.82 Å². The zero-order chi connectivity index (χ0) is 14.8. The van der Waals surface area contributed by atoms with Crippen molar-refractivity contribution in [2.24, 2.45) is 5.73 Å². The van der Waals surface area contributed by atoms with Gasteiger partial charge in [0.05, 0.1) is 5.56 Å². The minimum Gasteiger partial charge on any atom is -0.333 e. The van der Waals surface area contributed by atoms with Crippen LogP contribution in [0.15, 0.2) is 36.7 Å². The molecule has 0 radical (unpaired) electrons. The van der Waals surface area contributed by atoms with Gasteiger partial charge in [0.25, 0.3) is 0 Å². The van der Waals surface area contributed by atoms with Crippen molar-refractivity contribution in [3.63, 3.8) is 0 Å². The average molecular weight is 283 g/mol. The van der Waals surface area contributed by atoms with E-state index in [1.165, 1.54) is 6.07 Å². The maximum Gasteiger partial charge on any atom is 0.416 e. The molecule has 0 saturated heterocycles. The maximum absolute atomic E-state index is 12.7.